The van der Waals surface area contributed by atoms with E-state index in [4.69, 9.17) is 25.5 Å². The molecular formula is C25H14ClF3O7. The summed E-state index contributed by atoms with van der Waals surface area (Å²) in [5.41, 5.74) is -1.33. The predicted molar refractivity (Wildman–Crippen MR) is 122 cm³/mol. The fourth-order valence-corrected chi connectivity index (χ4v) is 3.37. The van der Waals surface area contributed by atoms with Gasteiger partial charge in [0.05, 0.1) is 23.6 Å². The number of fused-ring (bicyclic) bond motifs is 1. The van der Waals surface area contributed by atoms with Gasteiger partial charge >= 0.3 is 18.1 Å². The predicted octanol–water partition coefficient (Wildman–Crippen LogP) is 6.26. The summed E-state index contributed by atoms with van der Waals surface area (Å²) in [6, 6.07) is 14.2. The number of carbonyl (C=O) groups excluding carboxylic acids is 2. The van der Waals surface area contributed by atoms with Crippen molar-refractivity contribution in [2.24, 2.45) is 0 Å². The van der Waals surface area contributed by atoms with E-state index in [-0.39, 0.29) is 33.0 Å². The molecule has 0 N–H and O–H groups in total. The maximum atomic E-state index is 13.8. The van der Waals surface area contributed by atoms with Gasteiger partial charge in [-0.05, 0) is 54.6 Å². The lowest BCUT2D eigenvalue weighted by Crippen LogP contribution is -2.15. The van der Waals surface area contributed by atoms with Crippen LogP contribution >= 0.6 is 11.6 Å². The Kier molecular flexibility index (Phi) is 6.71. The van der Waals surface area contributed by atoms with Crippen molar-refractivity contribution in [3.8, 4) is 17.2 Å². The van der Waals surface area contributed by atoms with E-state index in [1.165, 1.54) is 55.6 Å². The van der Waals surface area contributed by atoms with Gasteiger partial charge in [0.15, 0.2) is 0 Å². The first-order valence-electron chi connectivity index (χ1n) is 10.1. The number of benzene rings is 3. The van der Waals surface area contributed by atoms with Gasteiger partial charge in [0.25, 0.3) is 5.76 Å². The topological polar surface area (TPSA) is 92.0 Å². The van der Waals surface area contributed by atoms with E-state index in [0.717, 1.165) is 12.1 Å². The van der Waals surface area contributed by atoms with Gasteiger partial charge in [0, 0.05) is 11.1 Å². The Bertz CT molecular complexity index is 1530. The quantitative estimate of drug-likeness (QED) is 0.227. The summed E-state index contributed by atoms with van der Waals surface area (Å²) in [4.78, 5) is 36.8. The number of halogens is 4. The number of hydrogen-bond donors (Lipinski definition) is 0. The highest BCUT2D eigenvalue weighted by Crippen LogP contribution is 2.38. The van der Waals surface area contributed by atoms with Gasteiger partial charge < -0.3 is 18.6 Å². The van der Waals surface area contributed by atoms with Crippen LogP contribution in [0, 0.1) is 0 Å². The molecule has 0 aliphatic carbocycles. The first kappa shape index (κ1) is 24.8. The molecule has 0 atom stereocenters. The molecule has 0 unspecified atom stereocenters. The third-order valence-corrected chi connectivity index (χ3v) is 5.08. The minimum atomic E-state index is -5.10. The molecule has 0 bridgehead atoms. The molecule has 1 aromatic heterocycles. The molecule has 36 heavy (non-hydrogen) atoms. The minimum absolute atomic E-state index is 0.113. The van der Waals surface area contributed by atoms with Crippen LogP contribution in [0.4, 0.5) is 13.2 Å². The fraction of sp³-hybridized carbons (Fsp3) is 0.0800. The van der Waals surface area contributed by atoms with Gasteiger partial charge in [0.2, 0.25) is 11.2 Å². The molecule has 0 saturated heterocycles. The van der Waals surface area contributed by atoms with Crippen molar-refractivity contribution in [2.75, 3.05) is 7.11 Å². The Hall–Kier alpha value is -4.31. The van der Waals surface area contributed by atoms with Gasteiger partial charge in [0.1, 0.15) is 17.1 Å². The van der Waals surface area contributed by atoms with E-state index in [1.54, 1.807) is 6.07 Å². The Morgan fingerprint density at radius 2 is 1.58 bits per heavy atom. The fourth-order valence-electron chi connectivity index (χ4n) is 3.18. The standard InChI is InChI=1S/C25H14ClF3O7/c1-33-23(31)13-5-7-16(8-6-13)34-21-20(30)18-10-9-17(12-19(18)36-22(21)25(27,28)29)35-24(32)14-3-2-4-15(26)11-14/h2-12H,1H3. The zero-order valence-electron chi connectivity index (χ0n) is 18.2. The maximum Gasteiger partial charge on any atom is 0.453 e. The average Bonchev–Trinajstić information content (AvgIpc) is 2.84. The van der Waals surface area contributed by atoms with Gasteiger partial charge in [-0.3, -0.25) is 4.79 Å². The maximum absolute atomic E-state index is 13.8. The van der Waals surface area contributed by atoms with Crippen molar-refractivity contribution in [1.29, 1.82) is 0 Å². The highest BCUT2D eigenvalue weighted by atomic mass is 35.5. The lowest BCUT2D eigenvalue weighted by Gasteiger charge is -2.14. The SMILES string of the molecule is COC(=O)c1ccc(Oc2c(C(F)(F)F)oc3cc(OC(=O)c4cccc(Cl)c4)ccc3c2=O)cc1. The Morgan fingerprint density at radius 1 is 0.889 bits per heavy atom. The summed E-state index contributed by atoms with van der Waals surface area (Å²) < 4.78 is 61.3. The summed E-state index contributed by atoms with van der Waals surface area (Å²) in [7, 11) is 1.17. The molecule has 184 valence electrons. The van der Waals surface area contributed by atoms with Crippen LogP contribution in [-0.2, 0) is 10.9 Å². The second kappa shape index (κ2) is 9.74. The zero-order valence-corrected chi connectivity index (χ0v) is 19.0. The van der Waals surface area contributed by atoms with Crippen LogP contribution in [0.15, 0.2) is 75.9 Å². The van der Waals surface area contributed by atoms with Crippen molar-refractivity contribution in [1.82, 2.24) is 0 Å². The van der Waals surface area contributed by atoms with E-state index < -0.39 is 40.6 Å². The summed E-state index contributed by atoms with van der Waals surface area (Å²) in [5, 5.41) is 0.0444. The molecule has 7 nitrogen and oxygen atoms in total. The van der Waals surface area contributed by atoms with Crippen molar-refractivity contribution < 1.29 is 41.4 Å². The molecule has 0 saturated carbocycles. The molecule has 0 amide bonds. The van der Waals surface area contributed by atoms with E-state index in [1.807, 2.05) is 0 Å². The average molecular weight is 519 g/mol. The van der Waals surface area contributed by atoms with Crippen LogP contribution in [0.25, 0.3) is 11.0 Å². The second-order valence-corrected chi connectivity index (χ2v) is 7.70. The molecule has 0 radical (unpaired) electrons. The van der Waals surface area contributed by atoms with Crippen LogP contribution in [0.1, 0.15) is 26.5 Å². The highest BCUT2D eigenvalue weighted by molar-refractivity contribution is 6.30. The molecule has 1 heterocycles. The molecule has 0 aliphatic heterocycles. The molecule has 4 aromatic rings. The highest BCUT2D eigenvalue weighted by Gasteiger charge is 2.40. The van der Waals surface area contributed by atoms with Crippen LogP contribution in [-0.4, -0.2) is 19.0 Å². The van der Waals surface area contributed by atoms with Gasteiger partial charge in [-0.1, -0.05) is 17.7 Å². The summed E-state index contributed by atoms with van der Waals surface area (Å²) in [5.74, 6) is -4.55. The summed E-state index contributed by atoms with van der Waals surface area (Å²) >= 11 is 5.85. The normalized spacial score (nSPS) is 11.2. The number of esters is 2. The molecule has 11 heteroatoms. The third kappa shape index (κ3) is 5.18. The number of alkyl halides is 3. The van der Waals surface area contributed by atoms with Gasteiger partial charge in [-0.15, -0.1) is 0 Å². The molecule has 0 aliphatic rings. The van der Waals surface area contributed by atoms with Gasteiger partial charge in [-0.25, -0.2) is 9.59 Å². The number of carbonyl (C=O) groups is 2. The zero-order chi connectivity index (χ0) is 26.0. The number of methoxy groups -OCH3 is 1. The van der Waals surface area contributed by atoms with Crippen molar-refractivity contribution >= 4 is 34.5 Å². The first-order valence-corrected chi connectivity index (χ1v) is 10.5. The molecule has 4 rings (SSSR count). The van der Waals surface area contributed by atoms with Crippen LogP contribution in [0.5, 0.6) is 17.2 Å². The summed E-state index contributed by atoms with van der Waals surface area (Å²) in [6.07, 6.45) is -5.10. The largest absolute Gasteiger partial charge is 0.465 e. The van der Waals surface area contributed by atoms with E-state index in [0.29, 0.717) is 0 Å². The van der Waals surface area contributed by atoms with Crippen LogP contribution < -0.4 is 14.9 Å². The van der Waals surface area contributed by atoms with Crippen molar-refractivity contribution in [3.63, 3.8) is 0 Å². The summed E-state index contributed by atoms with van der Waals surface area (Å²) in [6.45, 7) is 0. The van der Waals surface area contributed by atoms with Crippen molar-refractivity contribution in [2.45, 2.75) is 6.18 Å². The second-order valence-electron chi connectivity index (χ2n) is 7.26. The molecule has 3 aromatic carbocycles. The number of hydrogen-bond acceptors (Lipinski definition) is 7. The molecule has 0 fully saturated rings. The van der Waals surface area contributed by atoms with Crippen LogP contribution in [0.3, 0.4) is 0 Å². The van der Waals surface area contributed by atoms with E-state index in [2.05, 4.69) is 4.74 Å². The lowest BCUT2D eigenvalue weighted by atomic mass is 10.2. The van der Waals surface area contributed by atoms with Gasteiger partial charge in [-0.2, -0.15) is 13.2 Å². The number of rotatable bonds is 5. The smallest absolute Gasteiger partial charge is 0.453 e. The Morgan fingerprint density at radius 3 is 2.22 bits per heavy atom. The van der Waals surface area contributed by atoms with Crippen molar-refractivity contribution in [3.05, 3.63) is 98.9 Å². The first-order chi connectivity index (χ1) is 17.1. The monoisotopic (exact) mass is 518 g/mol. The lowest BCUT2D eigenvalue weighted by molar-refractivity contribution is -0.154. The van der Waals surface area contributed by atoms with E-state index >= 15 is 0 Å². The van der Waals surface area contributed by atoms with E-state index in [9.17, 15) is 27.6 Å². The van der Waals surface area contributed by atoms with Crippen LogP contribution in [0.2, 0.25) is 5.02 Å². The third-order valence-electron chi connectivity index (χ3n) is 4.85. The molecular weight excluding hydrogens is 505 g/mol. The Balaban J connectivity index is 1.71. The number of ether oxygens (including phenoxy) is 3. The minimum Gasteiger partial charge on any atom is -0.465 e. The Labute approximate surface area is 205 Å². The molecule has 0 spiro atoms.